The molecule has 0 heterocycles. The minimum absolute atomic E-state index is 0.495. The Morgan fingerprint density at radius 1 is 1.83 bits per heavy atom. The molecule has 0 nitrogen and oxygen atoms in total. The fraction of sp³-hybridized carbons (Fsp3) is 0.750. The zero-order valence-corrected chi connectivity index (χ0v) is 8.06. The second-order valence-corrected chi connectivity index (χ2v) is 4.90. The van der Waals surface area contributed by atoms with E-state index in [0.717, 1.165) is 0 Å². The molecule has 0 saturated heterocycles. The van der Waals surface area contributed by atoms with Crippen LogP contribution in [0.1, 0.15) is 6.92 Å². The lowest BCUT2D eigenvalue weighted by molar-refractivity contribution is 1.58. The number of hydrogen-bond donors (Lipinski definition) is 0. The molecular formula is C4H8I2. The average molecular weight is 310 g/mol. The molecule has 0 N–H and O–H groups in total. The van der Waals surface area contributed by atoms with Gasteiger partial charge in [0.05, 0.1) is 0 Å². The molecule has 38 valence electrons. The van der Waals surface area contributed by atoms with E-state index in [9.17, 15) is 0 Å². The minimum Gasteiger partial charge on any atom is -0.127 e. The van der Waals surface area contributed by atoms with E-state index in [1.807, 2.05) is 0 Å². The quantitative estimate of drug-likeness (QED) is 0.542. The summed E-state index contributed by atoms with van der Waals surface area (Å²) in [6.07, 6.45) is 0. The molecule has 0 unspecified atom stereocenters. The fourth-order valence-corrected chi connectivity index (χ4v) is 2.59. The van der Waals surface area contributed by atoms with E-state index in [2.05, 4.69) is 33.5 Å². The van der Waals surface area contributed by atoms with Crippen LogP contribution >= 0.6 is 43.3 Å². The number of hydrogen-bond acceptors (Lipinski definition) is 0. The second-order valence-electron chi connectivity index (χ2n) is 0.730. The van der Waals surface area contributed by atoms with Crippen molar-refractivity contribution >= 4 is 47.3 Å². The van der Waals surface area contributed by atoms with Gasteiger partial charge in [-0.3, -0.25) is 0 Å². The second kappa shape index (κ2) is 6.33. The van der Waals surface area contributed by atoms with Crippen molar-refractivity contribution in [3.05, 3.63) is 0 Å². The highest BCUT2D eigenvalue weighted by atomic mass is 127. The maximum absolute atomic E-state index is 2.40. The molecule has 0 aliphatic carbocycles. The molecule has 0 aliphatic rings. The summed E-state index contributed by atoms with van der Waals surface area (Å²) in [5.74, 6) is 0. The van der Waals surface area contributed by atoms with E-state index < -0.39 is 0 Å². The first-order valence-electron chi connectivity index (χ1n) is 1.87. The minimum atomic E-state index is 0.495. The van der Waals surface area contributed by atoms with Gasteiger partial charge in [-0.2, -0.15) is 0 Å². The molecule has 0 fully saturated rings. The van der Waals surface area contributed by atoms with E-state index >= 15 is 0 Å². The highest BCUT2D eigenvalue weighted by Gasteiger charge is 1.62. The van der Waals surface area contributed by atoms with Gasteiger partial charge in [0.15, 0.2) is 0 Å². The number of alkyl halides is 2. The van der Waals surface area contributed by atoms with Crippen molar-refractivity contribution in [2.45, 2.75) is 6.92 Å². The predicted molar refractivity (Wildman–Crippen MR) is 49.5 cm³/mol. The normalized spacial score (nSPS) is 11.7. The molecule has 0 rings (SSSR count). The van der Waals surface area contributed by atoms with Gasteiger partial charge in [-0.25, -0.2) is 0 Å². The Balaban J connectivity index is 2.73. The third-order valence-corrected chi connectivity index (χ3v) is 4.39. The summed E-state index contributed by atoms with van der Waals surface area (Å²) in [5, 5.41) is 0. The molecule has 0 aromatic heterocycles. The highest BCUT2D eigenvalue weighted by Crippen LogP contribution is 1.91. The monoisotopic (exact) mass is 310 g/mol. The Kier molecular flexibility index (Phi) is 7.73. The number of halogens is 2. The Morgan fingerprint density at radius 3 is 2.67 bits per heavy atom. The Labute approximate surface area is 62.6 Å². The zero-order chi connectivity index (χ0) is 4.83. The van der Waals surface area contributed by atoms with Crippen molar-refractivity contribution < 1.29 is 0 Å². The molecule has 0 bridgehead atoms. The summed E-state index contributed by atoms with van der Waals surface area (Å²) in [6.45, 7) is 2.25. The van der Waals surface area contributed by atoms with Crippen LogP contribution in [0, 0.1) is 0 Å². The van der Waals surface area contributed by atoms with Crippen molar-refractivity contribution in [3.63, 3.8) is 0 Å². The lowest BCUT2D eigenvalue weighted by atomic mass is 11.0. The largest absolute Gasteiger partial charge is 0.127 e. The van der Waals surface area contributed by atoms with Crippen LogP contribution in [0.25, 0.3) is 0 Å². The topological polar surface area (TPSA) is 0 Å². The maximum Gasteiger partial charge on any atom is 0.0229 e. The predicted octanol–water partition coefficient (Wildman–Crippen LogP) is 2.21. The van der Waals surface area contributed by atoms with Crippen LogP contribution in [0.4, 0.5) is 0 Å². The van der Waals surface area contributed by atoms with E-state index in [4.69, 9.17) is 0 Å². The fourth-order valence-electron chi connectivity index (χ4n) is 0.150. The van der Waals surface area contributed by atoms with Gasteiger partial charge in [0, 0.05) is 4.43 Å². The van der Waals surface area contributed by atoms with Gasteiger partial charge in [0.2, 0.25) is 0 Å². The SMILES string of the molecule is CCI=CCI. The summed E-state index contributed by atoms with van der Waals surface area (Å²) < 4.78 is 5.06. The molecule has 0 aromatic rings. The van der Waals surface area contributed by atoms with Gasteiger partial charge in [-0.15, -0.1) is 20.7 Å². The summed E-state index contributed by atoms with van der Waals surface area (Å²) in [7, 11) is 0. The summed E-state index contributed by atoms with van der Waals surface area (Å²) in [5.41, 5.74) is 0. The van der Waals surface area contributed by atoms with Crippen LogP contribution in [0.3, 0.4) is 0 Å². The zero-order valence-electron chi connectivity index (χ0n) is 3.75. The summed E-state index contributed by atoms with van der Waals surface area (Å²) in [6, 6.07) is 0. The van der Waals surface area contributed by atoms with Gasteiger partial charge in [0.25, 0.3) is 0 Å². The highest BCUT2D eigenvalue weighted by molar-refractivity contribution is 14.2. The van der Waals surface area contributed by atoms with Gasteiger partial charge in [0.1, 0.15) is 0 Å². The van der Waals surface area contributed by atoms with Crippen LogP contribution in [0.2, 0.25) is 0 Å². The third kappa shape index (κ3) is 5.33. The third-order valence-electron chi connectivity index (χ3n) is 0.322. The van der Waals surface area contributed by atoms with Crippen molar-refractivity contribution in [3.8, 4) is 0 Å². The van der Waals surface area contributed by atoms with E-state index in [1.54, 1.807) is 0 Å². The summed E-state index contributed by atoms with van der Waals surface area (Å²) >= 11 is 2.88. The Morgan fingerprint density at radius 2 is 2.50 bits per heavy atom. The molecule has 0 spiro atoms. The van der Waals surface area contributed by atoms with E-state index in [1.165, 1.54) is 8.86 Å². The van der Waals surface area contributed by atoms with Crippen molar-refractivity contribution in [2.75, 3.05) is 8.86 Å². The van der Waals surface area contributed by atoms with Crippen LogP contribution in [-0.4, -0.2) is 12.9 Å². The molecule has 0 atom stereocenters. The maximum atomic E-state index is 2.40. The molecule has 0 amide bonds. The van der Waals surface area contributed by atoms with Crippen LogP contribution < -0.4 is 0 Å². The van der Waals surface area contributed by atoms with Gasteiger partial charge < -0.3 is 0 Å². The molecule has 2 heteroatoms. The Bertz CT molecular complexity index is 34.8. The first-order chi connectivity index (χ1) is 2.91. The lowest BCUT2D eigenvalue weighted by Crippen LogP contribution is -1.63. The van der Waals surface area contributed by atoms with Crippen LogP contribution in [0.5, 0.6) is 0 Å². The smallest absolute Gasteiger partial charge is 0.0229 e. The van der Waals surface area contributed by atoms with Gasteiger partial charge >= 0.3 is 0 Å². The van der Waals surface area contributed by atoms with E-state index in [0.29, 0.717) is 20.7 Å². The molecule has 0 aromatic carbocycles. The van der Waals surface area contributed by atoms with Crippen molar-refractivity contribution in [1.82, 2.24) is 0 Å². The molecule has 0 saturated carbocycles. The Hall–Kier alpha value is 1.33. The number of rotatable bonds is 2. The van der Waals surface area contributed by atoms with Crippen molar-refractivity contribution in [1.29, 1.82) is 0 Å². The van der Waals surface area contributed by atoms with E-state index in [-0.39, 0.29) is 0 Å². The average Bonchev–Trinajstić information content (AvgIpc) is 1.61. The molecule has 6 heavy (non-hydrogen) atoms. The first-order valence-corrected chi connectivity index (χ1v) is 6.16. The molecule has 0 radical (unpaired) electrons. The first kappa shape index (κ1) is 7.33. The van der Waals surface area contributed by atoms with Gasteiger partial charge in [-0.05, 0) is 8.44 Å². The molecular weight excluding hydrogens is 302 g/mol. The molecule has 0 aliphatic heterocycles. The van der Waals surface area contributed by atoms with Gasteiger partial charge in [-0.1, -0.05) is 29.5 Å². The van der Waals surface area contributed by atoms with Crippen LogP contribution in [0.15, 0.2) is 0 Å². The summed E-state index contributed by atoms with van der Waals surface area (Å²) in [4.78, 5) is 0. The van der Waals surface area contributed by atoms with Crippen LogP contribution in [-0.2, 0) is 0 Å². The standard InChI is InChI=1S/C4H8I2/c1-2-6-4-3-5/h4H,2-3H2,1H3. The van der Waals surface area contributed by atoms with Crippen molar-refractivity contribution in [2.24, 2.45) is 0 Å². The lowest BCUT2D eigenvalue weighted by Gasteiger charge is -1.70.